The van der Waals surface area contributed by atoms with Crippen LogP contribution in [0.5, 0.6) is 0 Å². The molecule has 0 radical (unpaired) electrons. The lowest BCUT2D eigenvalue weighted by Crippen LogP contribution is -2.41. The van der Waals surface area contributed by atoms with Gasteiger partial charge in [-0.1, -0.05) is 19.6 Å². The second-order valence-electron chi connectivity index (χ2n) is 13.4. The molecule has 8 nitrogen and oxygen atoms in total. The van der Waals surface area contributed by atoms with Crippen molar-refractivity contribution in [2.75, 3.05) is 26.2 Å². The molecule has 0 aliphatic carbocycles. The van der Waals surface area contributed by atoms with Crippen LogP contribution in [0.2, 0.25) is 0 Å². The Kier molecular flexibility index (Phi) is 11.9. The Labute approximate surface area is 244 Å². The number of carbonyl (C=O) groups excluding carboxylic acids is 1. The third kappa shape index (κ3) is 8.73. The van der Waals surface area contributed by atoms with Crippen molar-refractivity contribution in [2.45, 2.75) is 124 Å². The van der Waals surface area contributed by atoms with Gasteiger partial charge in [-0.05, 0) is 106 Å². The fourth-order valence-corrected chi connectivity index (χ4v) is 4.23. The summed E-state index contributed by atoms with van der Waals surface area (Å²) in [6.07, 6.45) is 5.71. The molecule has 224 valence electrons. The van der Waals surface area contributed by atoms with Gasteiger partial charge in [0.2, 0.25) is 0 Å². The Morgan fingerprint density at radius 1 is 0.846 bits per heavy atom. The molecule has 0 saturated carbocycles. The molecule has 0 spiro atoms. The predicted molar refractivity (Wildman–Crippen MR) is 162 cm³/mol. The Hall–Kier alpha value is -1.03. The summed E-state index contributed by atoms with van der Waals surface area (Å²) in [5.41, 5.74) is 0.826. The van der Waals surface area contributed by atoms with E-state index in [1.165, 1.54) is 5.47 Å². The van der Waals surface area contributed by atoms with Crippen molar-refractivity contribution < 1.29 is 28.1 Å². The quantitative estimate of drug-likeness (QED) is 0.422. The van der Waals surface area contributed by atoms with E-state index in [9.17, 15) is 4.79 Å². The van der Waals surface area contributed by atoms with Gasteiger partial charge in [-0.15, -0.1) is 12.4 Å². The Morgan fingerprint density at radius 2 is 1.28 bits per heavy atom. The Morgan fingerprint density at radius 3 is 1.62 bits per heavy atom. The van der Waals surface area contributed by atoms with Gasteiger partial charge in [-0.3, -0.25) is 0 Å². The van der Waals surface area contributed by atoms with E-state index < -0.39 is 5.60 Å². The van der Waals surface area contributed by atoms with E-state index in [1.807, 2.05) is 54.5 Å². The normalized spacial score (nSPS) is 24.8. The summed E-state index contributed by atoms with van der Waals surface area (Å²) in [5.74, 6) is 0. The number of carbonyl (C=O) groups is 1. The van der Waals surface area contributed by atoms with Crippen LogP contribution in [0.25, 0.3) is 0 Å². The molecule has 2 fully saturated rings. The van der Waals surface area contributed by atoms with Crippen molar-refractivity contribution in [2.24, 2.45) is 0 Å². The molecule has 39 heavy (non-hydrogen) atoms. The van der Waals surface area contributed by atoms with Crippen LogP contribution in [0.1, 0.15) is 96.4 Å². The molecule has 1 amide bonds. The molecule has 1 N–H and O–H groups in total. The molecule has 0 atom stereocenters. The molecule has 4 rings (SSSR count). The molecular weight excluding hydrogens is 517 g/mol. The molecule has 4 aliphatic rings. The van der Waals surface area contributed by atoms with Crippen molar-refractivity contribution in [3.05, 3.63) is 23.1 Å². The van der Waals surface area contributed by atoms with E-state index in [0.29, 0.717) is 13.1 Å². The zero-order valence-electron chi connectivity index (χ0n) is 25.4. The number of ether oxygens (including phenoxy) is 1. The van der Waals surface area contributed by atoms with E-state index in [1.54, 1.807) is 4.90 Å². The second-order valence-corrected chi connectivity index (χ2v) is 13.4. The monoisotopic (exact) mass is 570 g/mol. The van der Waals surface area contributed by atoms with Gasteiger partial charge in [0.15, 0.2) is 0 Å². The Bertz CT molecular complexity index is 882. The molecule has 4 heterocycles. The summed E-state index contributed by atoms with van der Waals surface area (Å²) >= 11 is 0. The highest BCUT2D eigenvalue weighted by molar-refractivity contribution is 6.55. The van der Waals surface area contributed by atoms with E-state index in [0.717, 1.165) is 31.4 Å². The lowest BCUT2D eigenvalue weighted by molar-refractivity contribution is 0.00578. The van der Waals surface area contributed by atoms with Crippen molar-refractivity contribution in [3.8, 4) is 0 Å². The maximum absolute atomic E-state index is 12.1. The van der Waals surface area contributed by atoms with Gasteiger partial charge < -0.3 is 33.6 Å². The summed E-state index contributed by atoms with van der Waals surface area (Å²) in [5, 5.41) is 3.29. The topological polar surface area (TPSA) is 78.5 Å². The Balaban J connectivity index is 0.000000394. The second kappa shape index (κ2) is 12.9. The fourth-order valence-electron chi connectivity index (χ4n) is 4.23. The number of nitrogens with zero attached hydrogens (tertiary/aromatic N) is 1. The van der Waals surface area contributed by atoms with Crippen LogP contribution in [0.4, 0.5) is 4.79 Å². The van der Waals surface area contributed by atoms with Crippen LogP contribution in [-0.4, -0.2) is 79.4 Å². The number of hydrogen-bond donors (Lipinski definition) is 1. The van der Waals surface area contributed by atoms with Gasteiger partial charge in [0.05, 0.1) is 22.4 Å². The SMILES string of the molecule is C.CC(C)(C)OC(=O)N1CC=C(B2OC(C)(C)C(C)(C)O2)CC1.CC1(C)OB(C2=CCNCC2)OC1(C)C.Cl. The smallest absolute Gasteiger partial charge is 0.444 e. The fraction of sp³-hybridized carbons (Fsp3) is 0.821. The van der Waals surface area contributed by atoms with E-state index in [-0.39, 0.29) is 62.6 Å². The highest BCUT2D eigenvalue weighted by Gasteiger charge is 2.53. The van der Waals surface area contributed by atoms with Crippen LogP contribution in [0, 0.1) is 0 Å². The standard InChI is InChI=1S/C16H28BNO4.C11H20BNO2.CH4.ClH/c1-14(2,3)20-13(19)18-10-8-12(9-11-18)17-21-15(4,5)16(6,7)22-17;1-10(2)11(3,4)15-12(14-10)9-5-7-13-8-6-9;;/h8H,9-11H2,1-7H3;5,13H,6-8H2,1-4H3;1H4;1H. The van der Waals surface area contributed by atoms with Crippen LogP contribution in [0.15, 0.2) is 23.1 Å². The van der Waals surface area contributed by atoms with Crippen LogP contribution in [-0.2, 0) is 23.4 Å². The average Bonchev–Trinajstić information content (AvgIpc) is 3.13. The third-order valence-electron chi connectivity index (χ3n) is 8.11. The minimum Gasteiger partial charge on any atom is -0.444 e. The van der Waals surface area contributed by atoms with E-state index >= 15 is 0 Å². The lowest BCUT2D eigenvalue weighted by Gasteiger charge is -2.32. The minimum absolute atomic E-state index is 0. The third-order valence-corrected chi connectivity index (χ3v) is 8.11. The van der Waals surface area contributed by atoms with Crippen LogP contribution in [0.3, 0.4) is 0 Å². The van der Waals surface area contributed by atoms with Gasteiger partial charge >= 0.3 is 20.3 Å². The van der Waals surface area contributed by atoms with Crippen molar-refractivity contribution in [1.29, 1.82) is 0 Å². The van der Waals surface area contributed by atoms with Gasteiger partial charge in [0.25, 0.3) is 0 Å². The first-order valence-electron chi connectivity index (χ1n) is 13.6. The first kappa shape index (κ1) is 36.0. The summed E-state index contributed by atoms with van der Waals surface area (Å²) in [7, 11) is -0.456. The van der Waals surface area contributed by atoms with E-state index in [2.05, 4.69) is 39.1 Å². The van der Waals surface area contributed by atoms with Crippen LogP contribution >= 0.6 is 12.4 Å². The van der Waals surface area contributed by atoms with Gasteiger partial charge in [-0.2, -0.15) is 0 Å². The molecule has 0 aromatic rings. The lowest BCUT2D eigenvalue weighted by atomic mass is 9.75. The molecule has 11 heteroatoms. The van der Waals surface area contributed by atoms with Crippen molar-refractivity contribution in [3.63, 3.8) is 0 Å². The minimum atomic E-state index is -0.465. The maximum Gasteiger partial charge on any atom is 0.490 e. The highest BCUT2D eigenvalue weighted by Crippen LogP contribution is 2.40. The van der Waals surface area contributed by atoms with Gasteiger partial charge in [0.1, 0.15) is 5.60 Å². The maximum atomic E-state index is 12.1. The number of nitrogens with one attached hydrogen (secondary N) is 1. The number of rotatable bonds is 2. The summed E-state index contributed by atoms with van der Waals surface area (Å²) < 4.78 is 29.5. The zero-order chi connectivity index (χ0) is 27.9. The molecule has 2 saturated heterocycles. The molecule has 0 aromatic heterocycles. The number of hydrogen-bond acceptors (Lipinski definition) is 7. The van der Waals surface area contributed by atoms with Crippen LogP contribution < -0.4 is 5.32 Å². The first-order valence-corrected chi connectivity index (χ1v) is 13.6. The number of halogens is 1. The molecule has 0 unspecified atom stereocenters. The first-order chi connectivity index (χ1) is 16.8. The summed E-state index contributed by atoms with van der Waals surface area (Å²) in [6, 6.07) is 0. The van der Waals surface area contributed by atoms with Crippen molar-refractivity contribution in [1.82, 2.24) is 10.2 Å². The van der Waals surface area contributed by atoms with E-state index in [4.69, 9.17) is 23.4 Å². The highest BCUT2D eigenvalue weighted by atomic mass is 35.5. The van der Waals surface area contributed by atoms with Gasteiger partial charge in [0, 0.05) is 19.6 Å². The molecule has 4 aliphatic heterocycles. The summed E-state index contributed by atoms with van der Waals surface area (Å²) in [4.78, 5) is 13.8. The summed E-state index contributed by atoms with van der Waals surface area (Å²) in [6.45, 7) is 25.3. The zero-order valence-corrected chi connectivity index (χ0v) is 26.2. The molecule has 0 bridgehead atoms. The molecular formula is C28H53B2ClN2O6. The average molecular weight is 571 g/mol. The van der Waals surface area contributed by atoms with Gasteiger partial charge in [-0.25, -0.2) is 4.79 Å². The number of amides is 1. The molecule has 0 aromatic carbocycles. The predicted octanol–water partition coefficient (Wildman–Crippen LogP) is 5.78. The van der Waals surface area contributed by atoms with Crippen molar-refractivity contribution >= 4 is 32.7 Å². The largest absolute Gasteiger partial charge is 0.490 e.